The number of phenolic OH excluding ortho intramolecular Hbond substituents is 1. The van der Waals surface area contributed by atoms with Crippen molar-refractivity contribution in [3.8, 4) is 5.75 Å². The average molecular weight is 162 g/mol. The second-order valence-corrected chi connectivity index (χ2v) is 2.44. The summed E-state index contributed by atoms with van der Waals surface area (Å²) in [6.45, 7) is 3.60. The van der Waals surface area contributed by atoms with E-state index < -0.39 is 0 Å². The Morgan fingerprint density at radius 1 is 1.50 bits per heavy atom. The van der Waals surface area contributed by atoms with Crippen molar-refractivity contribution < 1.29 is 5.11 Å². The number of nitrogens with two attached hydrogens (primary N) is 1. The van der Waals surface area contributed by atoms with Gasteiger partial charge in [0.1, 0.15) is 11.6 Å². The van der Waals surface area contributed by atoms with Gasteiger partial charge in [0.25, 0.3) is 0 Å². The van der Waals surface area contributed by atoms with Crippen LogP contribution in [0.25, 0.3) is 5.57 Å². The van der Waals surface area contributed by atoms with Crippen molar-refractivity contribution in [1.82, 2.24) is 0 Å². The molecule has 0 heterocycles. The summed E-state index contributed by atoms with van der Waals surface area (Å²) in [6.07, 6.45) is 0. The third kappa shape index (κ3) is 1.63. The number of amidine groups is 1. The topological polar surface area (TPSA) is 70.1 Å². The summed E-state index contributed by atoms with van der Waals surface area (Å²) in [5.74, 6) is 0.0653. The van der Waals surface area contributed by atoms with Gasteiger partial charge in [0.2, 0.25) is 0 Å². The molecule has 0 unspecified atom stereocenters. The normalized spacial score (nSPS) is 9.33. The summed E-state index contributed by atoms with van der Waals surface area (Å²) in [4.78, 5) is 0. The van der Waals surface area contributed by atoms with Gasteiger partial charge in [0.05, 0.1) is 0 Å². The Kier molecular flexibility index (Phi) is 2.14. The second-order valence-electron chi connectivity index (χ2n) is 2.44. The third-order valence-electron chi connectivity index (χ3n) is 1.52. The predicted octanol–water partition coefficient (Wildman–Crippen LogP) is 1.34. The maximum absolute atomic E-state index is 9.09. The highest BCUT2D eigenvalue weighted by atomic mass is 16.3. The summed E-state index contributed by atoms with van der Waals surface area (Å²) in [7, 11) is 0. The van der Waals surface area contributed by atoms with Crippen molar-refractivity contribution in [3.05, 3.63) is 36.4 Å². The molecule has 0 radical (unpaired) electrons. The first-order chi connectivity index (χ1) is 5.61. The van der Waals surface area contributed by atoms with Crippen LogP contribution in [0.2, 0.25) is 0 Å². The minimum absolute atomic E-state index is 0.0828. The molecule has 62 valence electrons. The van der Waals surface area contributed by atoms with E-state index in [1.165, 1.54) is 6.07 Å². The van der Waals surface area contributed by atoms with Crippen LogP contribution < -0.4 is 5.73 Å². The van der Waals surface area contributed by atoms with Gasteiger partial charge in [-0.25, -0.2) is 0 Å². The van der Waals surface area contributed by atoms with E-state index in [9.17, 15) is 0 Å². The smallest absolute Gasteiger partial charge is 0.122 e. The molecule has 1 aromatic rings. The molecule has 0 aliphatic carbocycles. The largest absolute Gasteiger partial charge is 0.508 e. The fourth-order valence-corrected chi connectivity index (χ4v) is 0.849. The van der Waals surface area contributed by atoms with Gasteiger partial charge in [-0.1, -0.05) is 18.7 Å². The van der Waals surface area contributed by atoms with Crippen LogP contribution in [0.3, 0.4) is 0 Å². The van der Waals surface area contributed by atoms with Gasteiger partial charge in [0.15, 0.2) is 0 Å². The number of phenols is 1. The molecule has 12 heavy (non-hydrogen) atoms. The minimum atomic E-state index is -0.0828. The molecule has 0 aliphatic heterocycles. The van der Waals surface area contributed by atoms with Crippen molar-refractivity contribution in [2.24, 2.45) is 5.73 Å². The van der Waals surface area contributed by atoms with Gasteiger partial charge >= 0.3 is 0 Å². The van der Waals surface area contributed by atoms with Crippen LogP contribution in [0.4, 0.5) is 0 Å². The van der Waals surface area contributed by atoms with Crippen molar-refractivity contribution in [2.45, 2.75) is 0 Å². The SMILES string of the molecule is C=C(C(=N)N)c1cccc(O)c1. The molecule has 0 saturated carbocycles. The van der Waals surface area contributed by atoms with E-state index in [-0.39, 0.29) is 11.6 Å². The van der Waals surface area contributed by atoms with Gasteiger partial charge in [0, 0.05) is 5.57 Å². The first-order valence-corrected chi connectivity index (χ1v) is 3.44. The van der Waals surface area contributed by atoms with Crippen LogP contribution in [0.1, 0.15) is 5.56 Å². The van der Waals surface area contributed by atoms with Gasteiger partial charge in [-0.15, -0.1) is 0 Å². The Morgan fingerprint density at radius 2 is 2.17 bits per heavy atom. The molecular weight excluding hydrogens is 152 g/mol. The van der Waals surface area contributed by atoms with Crippen LogP contribution in [0, 0.1) is 5.41 Å². The highest BCUT2D eigenvalue weighted by molar-refractivity contribution is 6.19. The second kappa shape index (κ2) is 3.09. The zero-order valence-electron chi connectivity index (χ0n) is 6.54. The van der Waals surface area contributed by atoms with E-state index >= 15 is 0 Å². The number of hydrogen-bond acceptors (Lipinski definition) is 2. The molecular formula is C9H10N2O. The molecule has 0 aliphatic rings. The molecule has 4 N–H and O–H groups in total. The quantitative estimate of drug-likeness (QED) is 0.453. The molecule has 1 aromatic carbocycles. The fourth-order valence-electron chi connectivity index (χ4n) is 0.849. The van der Waals surface area contributed by atoms with E-state index in [1.807, 2.05) is 0 Å². The Hall–Kier alpha value is -1.77. The lowest BCUT2D eigenvalue weighted by Gasteiger charge is -2.02. The summed E-state index contributed by atoms with van der Waals surface area (Å²) in [6, 6.07) is 6.49. The molecule has 0 bridgehead atoms. The minimum Gasteiger partial charge on any atom is -0.508 e. The van der Waals surface area contributed by atoms with Gasteiger partial charge in [-0.2, -0.15) is 0 Å². The van der Waals surface area contributed by atoms with Crippen molar-refractivity contribution in [3.63, 3.8) is 0 Å². The van der Waals surface area contributed by atoms with E-state index in [1.54, 1.807) is 18.2 Å². The zero-order chi connectivity index (χ0) is 9.14. The number of aromatic hydroxyl groups is 1. The molecule has 0 spiro atoms. The third-order valence-corrected chi connectivity index (χ3v) is 1.52. The Morgan fingerprint density at radius 3 is 2.67 bits per heavy atom. The van der Waals surface area contributed by atoms with Crippen LogP contribution in [0.15, 0.2) is 30.8 Å². The zero-order valence-corrected chi connectivity index (χ0v) is 6.54. The van der Waals surface area contributed by atoms with Crippen molar-refractivity contribution >= 4 is 11.4 Å². The number of rotatable bonds is 2. The number of nitrogens with one attached hydrogen (secondary N) is 1. The fraction of sp³-hybridized carbons (Fsp3) is 0. The van der Waals surface area contributed by atoms with E-state index in [4.69, 9.17) is 16.2 Å². The molecule has 0 aromatic heterocycles. The summed E-state index contributed by atoms with van der Waals surface area (Å²) >= 11 is 0. The summed E-state index contributed by atoms with van der Waals surface area (Å²) < 4.78 is 0. The standard InChI is InChI=1S/C9H10N2O/c1-6(9(10)11)7-3-2-4-8(12)5-7/h2-5,12H,1H2,(H3,10,11). The maximum atomic E-state index is 9.09. The lowest BCUT2D eigenvalue weighted by atomic mass is 10.1. The lowest BCUT2D eigenvalue weighted by Crippen LogP contribution is -2.10. The highest BCUT2D eigenvalue weighted by Gasteiger charge is 2.01. The highest BCUT2D eigenvalue weighted by Crippen LogP contribution is 2.17. The number of benzene rings is 1. The molecule has 3 heteroatoms. The lowest BCUT2D eigenvalue weighted by molar-refractivity contribution is 0.475. The summed E-state index contributed by atoms with van der Waals surface area (Å²) in [5.41, 5.74) is 6.31. The first-order valence-electron chi connectivity index (χ1n) is 3.44. The van der Waals surface area contributed by atoms with Gasteiger partial charge in [-0.05, 0) is 17.7 Å². The van der Waals surface area contributed by atoms with E-state index in [2.05, 4.69) is 6.58 Å². The van der Waals surface area contributed by atoms with Crippen LogP contribution in [0.5, 0.6) is 5.75 Å². The van der Waals surface area contributed by atoms with Crippen molar-refractivity contribution in [1.29, 1.82) is 5.41 Å². The molecule has 0 atom stereocenters. The molecule has 1 rings (SSSR count). The molecule has 3 nitrogen and oxygen atoms in total. The Bertz CT molecular complexity index is 331. The van der Waals surface area contributed by atoms with Crippen LogP contribution in [-0.2, 0) is 0 Å². The number of hydrogen-bond donors (Lipinski definition) is 3. The predicted molar refractivity (Wildman–Crippen MR) is 49.1 cm³/mol. The van der Waals surface area contributed by atoms with Crippen LogP contribution in [-0.4, -0.2) is 10.9 Å². The van der Waals surface area contributed by atoms with Gasteiger partial charge in [-0.3, -0.25) is 5.41 Å². The van der Waals surface area contributed by atoms with E-state index in [0.29, 0.717) is 11.1 Å². The Labute approximate surface area is 70.7 Å². The average Bonchev–Trinajstić information content (AvgIpc) is 2.03. The van der Waals surface area contributed by atoms with E-state index in [0.717, 1.165) is 0 Å². The van der Waals surface area contributed by atoms with Gasteiger partial charge < -0.3 is 10.8 Å². The Balaban J connectivity index is 3.04. The monoisotopic (exact) mass is 162 g/mol. The molecule has 0 saturated heterocycles. The molecule has 0 amide bonds. The maximum Gasteiger partial charge on any atom is 0.122 e. The summed E-state index contributed by atoms with van der Waals surface area (Å²) in [5, 5.41) is 16.2. The van der Waals surface area contributed by atoms with Crippen LogP contribution >= 0.6 is 0 Å². The van der Waals surface area contributed by atoms with Crippen molar-refractivity contribution in [2.75, 3.05) is 0 Å². The molecule has 0 fully saturated rings. The first kappa shape index (κ1) is 8.33.